The van der Waals surface area contributed by atoms with Crippen LogP contribution in [0.3, 0.4) is 0 Å². The number of methoxy groups -OCH3 is 1. The Morgan fingerprint density at radius 2 is 1.88 bits per heavy atom. The van der Waals surface area contributed by atoms with Crippen LogP contribution in [0.4, 0.5) is 0 Å². The van der Waals surface area contributed by atoms with E-state index in [0.717, 1.165) is 17.3 Å². The van der Waals surface area contributed by atoms with Crippen molar-refractivity contribution in [2.24, 2.45) is 5.73 Å². The molecule has 0 amide bonds. The van der Waals surface area contributed by atoms with Crippen molar-refractivity contribution in [3.63, 3.8) is 0 Å². The van der Waals surface area contributed by atoms with Crippen molar-refractivity contribution in [3.05, 3.63) is 34.3 Å². The van der Waals surface area contributed by atoms with Gasteiger partial charge in [-0.3, -0.25) is 0 Å². The number of hydrogen-bond donors (Lipinski definition) is 1. The van der Waals surface area contributed by atoms with Crippen LogP contribution >= 0.6 is 15.9 Å². The third kappa shape index (κ3) is 4.78. The van der Waals surface area contributed by atoms with Crippen LogP contribution in [0.2, 0.25) is 0 Å². The van der Waals surface area contributed by atoms with Gasteiger partial charge in [-0.15, -0.1) is 0 Å². The van der Waals surface area contributed by atoms with E-state index in [-0.39, 0.29) is 5.60 Å². The summed E-state index contributed by atoms with van der Waals surface area (Å²) in [6.45, 7) is 4.91. The molecule has 1 aromatic rings. The zero-order valence-corrected chi connectivity index (χ0v) is 12.5. The predicted molar refractivity (Wildman–Crippen MR) is 76.3 cm³/mol. The van der Waals surface area contributed by atoms with E-state index >= 15 is 0 Å². The Morgan fingerprint density at radius 1 is 1.29 bits per heavy atom. The molecule has 0 radical (unpaired) electrons. The first-order chi connectivity index (χ1) is 7.98. The lowest BCUT2D eigenvalue weighted by molar-refractivity contribution is 0.0125. The van der Waals surface area contributed by atoms with Gasteiger partial charge in [0.2, 0.25) is 0 Å². The van der Waals surface area contributed by atoms with E-state index in [4.69, 9.17) is 10.5 Å². The Labute approximate surface area is 113 Å². The van der Waals surface area contributed by atoms with Gasteiger partial charge in [-0.1, -0.05) is 28.1 Å². The average Bonchev–Trinajstić information content (AvgIpc) is 2.32. The normalized spacial score (nSPS) is 13.7. The Bertz CT molecular complexity index is 335. The topological polar surface area (TPSA) is 35.2 Å². The highest BCUT2D eigenvalue weighted by Crippen LogP contribution is 2.26. The molecule has 0 bridgehead atoms. The quantitative estimate of drug-likeness (QED) is 0.869. The zero-order chi connectivity index (χ0) is 12.9. The molecule has 0 aliphatic heterocycles. The van der Waals surface area contributed by atoms with Crippen LogP contribution in [0.15, 0.2) is 28.7 Å². The van der Waals surface area contributed by atoms with E-state index < -0.39 is 0 Å². The van der Waals surface area contributed by atoms with Crippen LogP contribution in [0.25, 0.3) is 0 Å². The van der Waals surface area contributed by atoms with Gasteiger partial charge in [0, 0.05) is 11.6 Å². The minimum absolute atomic E-state index is 0.0667. The number of hydrogen-bond acceptors (Lipinski definition) is 2. The fourth-order valence-electron chi connectivity index (χ4n) is 1.78. The van der Waals surface area contributed by atoms with Crippen molar-refractivity contribution < 1.29 is 4.74 Å². The first-order valence-corrected chi connectivity index (χ1v) is 6.78. The smallest absolute Gasteiger partial charge is 0.0623 e. The molecule has 0 aromatic heterocycles. The van der Waals surface area contributed by atoms with E-state index in [2.05, 4.69) is 54.0 Å². The van der Waals surface area contributed by atoms with Crippen LogP contribution in [0, 0.1) is 0 Å². The molecule has 1 aromatic carbocycles. The molecule has 0 heterocycles. The van der Waals surface area contributed by atoms with Crippen LogP contribution in [0.1, 0.15) is 38.2 Å². The molecule has 0 saturated carbocycles. The minimum Gasteiger partial charge on any atom is -0.379 e. The summed E-state index contributed by atoms with van der Waals surface area (Å²) in [5, 5.41) is 0. The highest BCUT2D eigenvalue weighted by Gasteiger charge is 2.19. The van der Waals surface area contributed by atoms with Crippen LogP contribution in [-0.4, -0.2) is 19.3 Å². The maximum absolute atomic E-state index is 5.86. The third-order valence-corrected chi connectivity index (χ3v) is 3.80. The van der Waals surface area contributed by atoms with E-state index in [9.17, 15) is 0 Å². The SMILES string of the molecule is COC(C)(C)CCC(CN)c1ccc(Br)cc1. The van der Waals surface area contributed by atoms with Crippen LogP contribution in [-0.2, 0) is 4.74 Å². The fourth-order valence-corrected chi connectivity index (χ4v) is 2.04. The summed E-state index contributed by atoms with van der Waals surface area (Å²) >= 11 is 3.45. The maximum Gasteiger partial charge on any atom is 0.0623 e. The standard InChI is InChI=1S/C14H22BrNO/c1-14(2,17-3)9-8-12(10-16)11-4-6-13(15)7-5-11/h4-7,12H,8-10,16H2,1-3H3. The fraction of sp³-hybridized carbons (Fsp3) is 0.571. The molecule has 0 saturated heterocycles. The molecule has 0 aliphatic rings. The number of benzene rings is 1. The van der Waals surface area contributed by atoms with Crippen molar-refractivity contribution >= 4 is 15.9 Å². The molecule has 2 nitrogen and oxygen atoms in total. The summed E-state index contributed by atoms with van der Waals surface area (Å²) in [5.74, 6) is 0.414. The molecule has 0 aliphatic carbocycles. The summed E-state index contributed by atoms with van der Waals surface area (Å²) in [5.41, 5.74) is 7.10. The second-order valence-electron chi connectivity index (χ2n) is 4.99. The van der Waals surface area contributed by atoms with Crippen molar-refractivity contribution in [2.75, 3.05) is 13.7 Å². The van der Waals surface area contributed by atoms with Gasteiger partial charge in [-0.05, 0) is 56.8 Å². The lowest BCUT2D eigenvalue weighted by Gasteiger charge is -2.25. The molecule has 1 rings (SSSR count). The van der Waals surface area contributed by atoms with Gasteiger partial charge in [0.05, 0.1) is 5.60 Å². The van der Waals surface area contributed by atoms with Gasteiger partial charge in [0.25, 0.3) is 0 Å². The van der Waals surface area contributed by atoms with E-state index in [1.54, 1.807) is 7.11 Å². The Morgan fingerprint density at radius 3 is 2.35 bits per heavy atom. The van der Waals surface area contributed by atoms with E-state index in [1.165, 1.54) is 5.56 Å². The van der Waals surface area contributed by atoms with Gasteiger partial charge in [-0.2, -0.15) is 0 Å². The second-order valence-corrected chi connectivity index (χ2v) is 5.90. The number of halogens is 1. The summed E-state index contributed by atoms with van der Waals surface area (Å²) < 4.78 is 6.55. The summed E-state index contributed by atoms with van der Waals surface area (Å²) in [6, 6.07) is 8.42. The lowest BCUT2D eigenvalue weighted by Crippen LogP contribution is -2.24. The number of ether oxygens (including phenoxy) is 1. The molecule has 1 atom stereocenters. The van der Waals surface area contributed by atoms with Crippen molar-refractivity contribution in [3.8, 4) is 0 Å². The average molecular weight is 300 g/mol. The molecule has 1 unspecified atom stereocenters. The zero-order valence-electron chi connectivity index (χ0n) is 10.9. The van der Waals surface area contributed by atoms with Crippen molar-refractivity contribution in [1.82, 2.24) is 0 Å². The van der Waals surface area contributed by atoms with Crippen LogP contribution in [0.5, 0.6) is 0 Å². The van der Waals surface area contributed by atoms with Gasteiger partial charge in [0.15, 0.2) is 0 Å². The molecular weight excluding hydrogens is 278 g/mol. The lowest BCUT2D eigenvalue weighted by atomic mass is 9.90. The molecule has 3 heteroatoms. The van der Waals surface area contributed by atoms with E-state index in [0.29, 0.717) is 12.5 Å². The predicted octanol–water partition coefficient (Wildman–Crippen LogP) is 3.70. The molecule has 2 N–H and O–H groups in total. The molecular formula is C14H22BrNO. The van der Waals surface area contributed by atoms with Crippen LogP contribution < -0.4 is 5.73 Å². The third-order valence-electron chi connectivity index (χ3n) is 3.27. The first kappa shape index (κ1) is 14.7. The Hall–Kier alpha value is -0.380. The maximum atomic E-state index is 5.86. The minimum atomic E-state index is -0.0667. The Kier molecular flexibility index (Phi) is 5.63. The summed E-state index contributed by atoms with van der Waals surface area (Å²) in [6.07, 6.45) is 2.07. The second kappa shape index (κ2) is 6.53. The summed E-state index contributed by atoms with van der Waals surface area (Å²) in [7, 11) is 1.76. The van der Waals surface area contributed by atoms with Crippen molar-refractivity contribution in [2.45, 2.75) is 38.2 Å². The largest absolute Gasteiger partial charge is 0.379 e. The van der Waals surface area contributed by atoms with Gasteiger partial charge in [0.1, 0.15) is 0 Å². The van der Waals surface area contributed by atoms with Gasteiger partial charge in [-0.25, -0.2) is 0 Å². The summed E-state index contributed by atoms with van der Waals surface area (Å²) in [4.78, 5) is 0. The molecule has 96 valence electrons. The monoisotopic (exact) mass is 299 g/mol. The molecule has 17 heavy (non-hydrogen) atoms. The number of rotatable bonds is 6. The van der Waals surface area contributed by atoms with E-state index in [1.807, 2.05) is 0 Å². The first-order valence-electron chi connectivity index (χ1n) is 5.99. The van der Waals surface area contributed by atoms with Gasteiger partial charge >= 0.3 is 0 Å². The molecule has 0 fully saturated rings. The van der Waals surface area contributed by atoms with Crippen molar-refractivity contribution in [1.29, 1.82) is 0 Å². The van der Waals surface area contributed by atoms with Gasteiger partial charge < -0.3 is 10.5 Å². The number of nitrogens with two attached hydrogens (primary N) is 1. The highest BCUT2D eigenvalue weighted by molar-refractivity contribution is 9.10. The highest BCUT2D eigenvalue weighted by atomic mass is 79.9. The Balaban J connectivity index is 2.63. The molecule has 0 spiro atoms.